The van der Waals surface area contributed by atoms with Crippen molar-refractivity contribution in [3.8, 4) is 0 Å². The van der Waals surface area contributed by atoms with E-state index in [9.17, 15) is 27.0 Å². The molecule has 2 radical (unpaired) electrons. The molecule has 0 saturated heterocycles. The molecule has 0 aromatic rings. The number of rotatable bonds is 10. The predicted molar refractivity (Wildman–Crippen MR) is 68.1 cm³/mol. The monoisotopic (exact) mass is 514 g/mol. The molecular formula is C8H18O8PbS2. The van der Waals surface area contributed by atoms with Crippen LogP contribution in [0.15, 0.2) is 0 Å². The summed E-state index contributed by atoms with van der Waals surface area (Å²) >= 11 is -2.81. The minimum absolute atomic E-state index is 0.248. The fourth-order valence-corrected chi connectivity index (χ4v) is 7.74. The van der Waals surface area contributed by atoms with Crippen LogP contribution in [0.2, 0.25) is 0 Å². The van der Waals surface area contributed by atoms with Gasteiger partial charge in [-0.05, 0) is 0 Å². The van der Waals surface area contributed by atoms with Gasteiger partial charge in [0.2, 0.25) is 0 Å². The molecule has 8 nitrogen and oxygen atoms in total. The van der Waals surface area contributed by atoms with Crippen LogP contribution in [0.1, 0.15) is 26.7 Å². The van der Waals surface area contributed by atoms with Gasteiger partial charge in [0.1, 0.15) is 0 Å². The van der Waals surface area contributed by atoms with Crippen LogP contribution < -0.4 is 0 Å². The van der Waals surface area contributed by atoms with E-state index < -0.39 is 69.1 Å². The summed E-state index contributed by atoms with van der Waals surface area (Å²) in [5.41, 5.74) is 0. The summed E-state index contributed by atoms with van der Waals surface area (Å²) in [6, 6.07) is 0. The van der Waals surface area contributed by atoms with Gasteiger partial charge in [-0.25, -0.2) is 0 Å². The zero-order valence-corrected chi connectivity index (χ0v) is 16.2. The molecule has 0 aromatic heterocycles. The Morgan fingerprint density at radius 2 is 1.21 bits per heavy atom. The van der Waals surface area contributed by atoms with E-state index in [1.54, 1.807) is 13.8 Å². The minimum atomic E-state index is -3.96. The first-order chi connectivity index (χ1) is 8.62. The zero-order chi connectivity index (χ0) is 15.1. The van der Waals surface area contributed by atoms with Crippen LogP contribution in [0.5, 0.6) is 0 Å². The fourth-order valence-electron chi connectivity index (χ4n) is 0.893. The summed E-state index contributed by atoms with van der Waals surface area (Å²) in [5.74, 6) is -1.17. The third kappa shape index (κ3) is 10.1. The summed E-state index contributed by atoms with van der Waals surface area (Å²) < 4.78 is 54.2. The second-order valence-electron chi connectivity index (χ2n) is 3.82. The molecule has 0 saturated carbocycles. The van der Waals surface area contributed by atoms with E-state index in [-0.39, 0.29) is 12.8 Å². The topological polar surface area (TPSA) is 127 Å². The second kappa shape index (κ2) is 8.84. The molecule has 0 bridgehead atoms. The Labute approximate surface area is 126 Å². The molecule has 0 aliphatic carbocycles. The van der Waals surface area contributed by atoms with Gasteiger partial charge in [-0.2, -0.15) is 0 Å². The summed E-state index contributed by atoms with van der Waals surface area (Å²) in [6.45, 7) is 3.21. The summed E-state index contributed by atoms with van der Waals surface area (Å²) in [7, 11) is -7.93. The van der Waals surface area contributed by atoms with Crippen LogP contribution in [0.4, 0.5) is 0 Å². The van der Waals surface area contributed by atoms with Crippen molar-refractivity contribution in [3.05, 3.63) is 0 Å². The van der Waals surface area contributed by atoms with Crippen LogP contribution in [0.25, 0.3) is 0 Å². The van der Waals surface area contributed by atoms with E-state index in [2.05, 4.69) is 4.27 Å². The SMILES string of the molecule is CCC(O)CS(=O)(=O)[O][Pb][O]S(=O)(=O)CC(O)CC. The summed E-state index contributed by atoms with van der Waals surface area (Å²) in [4.78, 5) is 0. The van der Waals surface area contributed by atoms with Gasteiger partial charge in [0, 0.05) is 0 Å². The van der Waals surface area contributed by atoms with Crippen molar-refractivity contribution in [1.29, 1.82) is 0 Å². The molecule has 0 heterocycles. The van der Waals surface area contributed by atoms with Crippen molar-refractivity contribution in [3.63, 3.8) is 0 Å². The first kappa shape index (κ1) is 19.7. The molecule has 0 aliphatic rings. The molecule has 2 N–H and O–H groups in total. The van der Waals surface area contributed by atoms with Gasteiger partial charge in [0.25, 0.3) is 0 Å². The predicted octanol–water partition coefficient (Wildman–Crippen LogP) is -1.24. The third-order valence-corrected chi connectivity index (χ3v) is 11.8. The van der Waals surface area contributed by atoms with Crippen molar-refractivity contribution in [2.75, 3.05) is 11.5 Å². The van der Waals surface area contributed by atoms with Crippen LogP contribution in [-0.4, -0.2) is 75.9 Å². The molecule has 19 heavy (non-hydrogen) atoms. The Kier molecular flexibility index (Phi) is 9.15. The van der Waals surface area contributed by atoms with Gasteiger partial charge in [-0.15, -0.1) is 0 Å². The van der Waals surface area contributed by atoms with Gasteiger partial charge in [0.15, 0.2) is 0 Å². The van der Waals surface area contributed by atoms with Gasteiger partial charge < -0.3 is 0 Å². The molecule has 2 unspecified atom stereocenters. The normalized spacial score (nSPS) is 16.2. The molecule has 0 aromatic carbocycles. The first-order valence-electron chi connectivity index (χ1n) is 5.55. The third-order valence-electron chi connectivity index (χ3n) is 2.06. The second-order valence-corrected chi connectivity index (χ2v) is 11.6. The number of aliphatic hydroxyl groups excluding tert-OH is 2. The van der Waals surface area contributed by atoms with E-state index in [1.807, 2.05) is 0 Å². The number of hydrogen-bond donors (Lipinski definition) is 2. The molecule has 0 amide bonds. The van der Waals surface area contributed by atoms with Crippen molar-refractivity contribution in [1.82, 2.24) is 0 Å². The van der Waals surface area contributed by atoms with Crippen molar-refractivity contribution in [2.45, 2.75) is 38.9 Å². The molecular weight excluding hydrogens is 495 g/mol. The Bertz CT molecular complexity index is 403. The molecule has 114 valence electrons. The molecule has 0 aliphatic heterocycles. The molecule has 0 rings (SSSR count). The van der Waals surface area contributed by atoms with E-state index in [4.69, 9.17) is 0 Å². The zero-order valence-electron chi connectivity index (χ0n) is 10.6. The van der Waals surface area contributed by atoms with Gasteiger partial charge in [-0.1, -0.05) is 0 Å². The molecule has 0 fully saturated rings. The Morgan fingerprint density at radius 3 is 1.47 bits per heavy atom. The van der Waals surface area contributed by atoms with E-state index in [1.165, 1.54) is 0 Å². The van der Waals surface area contributed by atoms with Crippen LogP contribution in [-0.2, 0) is 24.5 Å². The maximum atomic E-state index is 11.3. The van der Waals surface area contributed by atoms with Crippen LogP contribution in [0, 0.1) is 0 Å². The van der Waals surface area contributed by atoms with E-state index in [0.29, 0.717) is 0 Å². The summed E-state index contributed by atoms with van der Waals surface area (Å²) in [6.07, 6.45) is -1.60. The van der Waals surface area contributed by atoms with Crippen LogP contribution in [0.3, 0.4) is 0 Å². The quantitative estimate of drug-likeness (QED) is 0.347. The average Bonchev–Trinajstić information content (AvgIpc) is 2.26. The number of hydrogen-bond acceptors (Lipinski definition) is 8. The van der Waals surface area contributed by atoms with E-state index >= 15 is 0 Å². The van der Waals surface area contributed by atoms with Gasteiger partial charge in [-0.3, -0.25) is 0 Å². The van der Waals surface area contributed by atoms with E-state index in [0.717, 1.165) is 0 Å². The van der Waals surface area contributed by atoms with Crippen molar-refractivity contribution in [2.24, 2.45) is 0 Å². The molecule has 0 spiro atoms. The molecule has 2 atom stereocenters. The Hall–Kier alpha value is 0.662. The molecule has 11 heteroatoms. The Balaban J connectivity index is 4.22. The van der Waals surface area contributed by atoms with Crippen molar-refractivity contribution >= 4 is 45.4 Å². The standard InChI is InChI=1S/2C4H10O4S.Pb/c2*1-2-4(5)3-9(6,7)8;/h2*4-5H,2-3H2,1H3,(H,6,7,8);/q;;+2/p-2. The average molecular weight is 514 g/mol. The Morgan fingerprint density at radius 1 is 0.895 bits per heavy atom. The van der Waals surface area contributed by atoms with Gasteiger partial charge >= 0.3 is 127 Å². The van der Waals surface area contributed by atoms with Crippen LogP contribution >= 0.6 is 0 Å². The number of aliphatic hydroxyl groups is 2. The maximum absolute atomic E-state index is 11.3. The summed E-state index contributed by atoms with van der Waals surface area (Å²) in [5, 5.41) is 18.3. The fraction of sp³-hybridized carbons (Fsp3) is 1.00. The van der Waals surface area contributed by atoms with Crippen molar-refractivity contribution < 1.29 is 31.3 Å². The first-order valence-corrected chi connectivity index (χ1v) is 11.9. The van der Waals surface area contributed by atoms with Gasteiger partial charge in [0.05, 0.1) is 0 Å².